The van der Waals surface area contributed by atoms with Gasteiger partial charge in [-0.3, -0.25) is 9.59 Å². The molecule has 1 N–H and O–H groups in total. The lowest BCUT2D eigenvalue weighted by molar-refractivity contribution is 0.0697. The van der Waals surface area contributed by atoms with Crippen LogP contribution in [-0.2, 0) is 0 Å². The smallest absolute Gasteiger partial charge is 0.255 e. The van der Waals surface area contributed by atoms with Crippen molar-refractivity contribution in [2.24, 2.45) is 5.92 Å². The third-order valence-corrected chi connectivity index (χ3v) is 4.79. The maximum absolute atomic E-state index is 12.7. The van der Waals surface area contributed by atoms with Crippen LogP contribution < -0.4 is 10.1 Å². The van der Waals surface area contributed by atoms with Crippen LogP contribution in [-0.4, -0.2) is 36.9 Å². The van der Waals surface area contributed by atoms with Gasteiger partial charge in [0.05, 0.1) is 7.11 Å². The first-order chi connectivity index (χ1) is 12.6. The van der Waals surface area contributed by atoms with Crippen molar-refractivity contribution >= 4 is 17.5 Å². The molecule has 3 rings (SSSR count). The molecule has 1 aliphatic rings. The van der Waals surface area contributed by atoms with Crippen LogP contribution in [0.1, 0.15) is 40.5 Å². The maximum Gasteiger partial charge on any atom is 0.255 e. The second-order valence-corrected chi connectivity index (χ2v) is 6.74. The first-order valence-corrected chi connectivity index (χ1v) is 8.91. The standard InChI is InChI=1S/C21H24N2O3/c1-15-10-12-23(13-11-15)21(25)17-4-3-5-18(14-17)22-20(24)16-6-8-19(26-2)9-7-16/h3-9,14-15H,10-13H2,1-2H3,(H,22,24). The Morgan fingerprint density at radius 3 is 2.38 bits per heavy atom. The summed E-state index contributed by atoms with van der Waals surface area (Å²) >= 11 is 0. The fourth-order valence-corrected chi connectivity index (χ4v) is 3.07. The number of ether oxygens (including phenoxy) is 1. The monoisotopic (exact) mass is 352 g/mol. The number of rotatable bonds is 4. The molecule has 26 heavy (non-hydrogen) atoms. The highest BCUT2D eigenvalue weighted by atomic mass is 16.5. The molecule has 2 aromatic rings. The third-order valence-electron chi connectivity index (χ3n) is 4.79. The molecule has 0 radical (unpaired) electrons. The van der Waals surface area contributed by atoms with Gasteiger partial charge in [0.15, 0.2) is 0 Å². The predicted octanol–water partition coefficient (Wildman–Crippen LogP) is 3.82. The van der Waals surface area contributed by atoms with Crippen molar-refractivity contribution in [3.8, 4) is 5.75 Å². The first kappa shape index (κ1) is 18.0. The first-order valence-electron chi connectivity index (χ1n) is 8.91. The van der Waals surface area contributed by atoms with E-state index in [-0.39, 0.29) is 11.8 Å². The molecule has 0 spiro atoms. The van der Waals surface area contributed by atoms with E-state index < -0.39 is 0 Å². The van der Waals surface area contributed by atoms with Gasteiger partial charge in [-0.1, -0.05) is 13.0 Å². The van der Waals surface area contributed by atoms with Crippen LogP contribution >= 0.6 is 0 Å². The van der Waals surface area contributed by atoms with Gasteiger partial charge in [-0.05, 0) is 61.2 Å². The van der Waals surface area contributed by atoms with Gasteiger partial charge in [-0.2, -0.15) is 0 Å². The van der Waals surface area contributed by atoms with E-state index in [1.807, 2.05) is 4.90 Å². The van der Waals surface area contributed by atoms with Gasteiger partial charge in [-0.15, -0.1) is 0 Å². The molecule has 1 aliphatic heterocycles. The molecule has 0 bridgehead atoms. The molecular weight excluding hydrogens is 328 g/mol. The Hall–Kier alpha value is -2.82. The van der Waals surface area contributed by atoms with E-state index in [0.717, 1.165) is 25.9 Å². The number of nitrogens with one attached hydrogen (secondary N) is 1. The van der Waals surface area contributed by atoms with Gasteiger partial charge in [0.1, 0.15) is 5.75 Å². The number of carbonyl (C=O) groups excluding carboxylic acids is 2. The number of benzene rings is 2. The van der Waals surface area contributed by atoms with Crippen LogP contribution in [0.2, 0.25) is 0 Å². The molecule has 0 atom stereocenters. The van der Waals surface area contributed by atoms with Crippen molar-refractivity contribution < 1.29 is 14.3 Å². The maximum atomic E-state index is 12.7. The van der Waals surface area contributed by atoms with Gasteiger partial charge in [0.2, 0.25) is 0 Å². The molecule has 0 aliphatic carbocycles. The van der Waals surface area contributed by atoms with Crippen LogP contribution in [0.3, 0.4) is 0 Å². The Morgan fingerprint density at radius 2 is 1.73 bits per heavy atom. The molecule has 5 heteroatoms. The number of piperidine rings is 1. The molecule has 0 saturated carbocycles. The quantitative estimate of drug-likeness (QED) is 0.910. The summed E-state index contributed by atoms with van der Waals surface area (Å²) < 4.78 is 5.10. The summed E-state index contributed by atoms with van der Waals surface area (Å²) in [7, 11) is 1.58. The molecule has 1 saturated heterocycles. The van der Waals surface area contributed by atoms with Crippen molar-refractivity contribution in [2.75, 3.05) is 25.5 Å². The van der Waals surface area contributed by atoms with Crippen molar-refractivity contribution in [3.63, 3.8) is 0 Å². The summed E-state index contributed by atoms with van der Waals surface area (Å²) in [6, 6.07) is 14.0. The Kier molecular flexibility index (Phi) is 5.56. The second kappa shape index (κ2) is 8.04. The summed E-state index contributed by atoms with van der Waals surface area (Å²) in [5.41, 5.74) is 1.75. The predicted molar refractivity (Wildman–Crippen MR) is 102 cm³/mol. The van der Waals surface area contributed by atoms with Crippen LogP contribution in [0.5, 0.6) is 5.75 Å². The second-order valence-electron chi connectivity index (χ2n) is 6.74. The molecule has 5 nitrogen and oxygen atoms in total. The zero-order valence-corrected chi connectivity index (χ0v) is 15.2. The molecule has 1 heterocycles. The lowest BCUT2D eigenvalue weighted by Gasteiger charge is -2.30. The Labute approximate surface area is 154 Å². The number of carbonyl (C=O) groups is 2. The van der Waals surface area contributed by atoms with E-state index in [2.05, 4.69) is 12.2 Å². The summed E-state index contributed by atoms with van der Waals surface area (Å²) in [6.45, 7) is 3.81. The number of amides is 2. The fourth-order valence-electron chi connectivity index (χ4n) is 3.07. The number of anilines is 1. The number of likely N-dealkylation sites (tertiary alicyclic amines) is 1. The third kappa shape index (κ3) is 4.23. The summed E-state index contributed by atoms with van der Waals surface area (Å²) in [5, 5.41) is 2.85. The minimum Gasteiger partial charge on any atom is -0.497 e. The fraction of sp³-hybridized carbons (Fsp3) is 0.333. The van der Waals surface area contributed by atoms with E-state index in [4.69, 9.17) is 4.74 Å². The normalized spacial score (nSPS) is 14.8. The summed E-state index contributed by atoms with van der Waals surface area (Å²) in [6.07, 6.45) is 2.08. The molecule has 136 valence electrons. The zero-order valence-electron chi connectivity index (χ0n) is 15.2. The van der Waals surface area contributed by atoms with Crippen molar-refractivity contribution in [1.82, 2.24) is 4.90 Å². The van der Waals surface area contributed by atoms with Crippen LogP contribution in [0.4, 0.5) is 5.69 Å². The lowest BCUT2D eigenvalue weighted by atomic mass is 9.98. The van der Waals surface area contributed by atoms with Crippen LogP contribution in [0.15, 0.2) is 48.5 Å². The minimum atomic E-state index is -0.218. The van der Waals surface area contributed by atoms with Crippen LogP contribution in [0.25, 0.3) is 0 Å². The van der Waals surface area contributed by atoms with E-state index in [1.54, 1.807) is 55.6 Å². The number of hydrogen-bond acceptors (Lipinski definition) is 3. The molecule has 0 aromatic heterocycles. The molecule has 2 aromatic carbocycles. The van der Waals surface area contributed by atoms with E-state index >= 15 is 0 Å². The average molecular weight is 352 g/mol. The molecule has 1 fully saturated rings. The SMILES string of the molecule is COc1ccc(C(=O)Nc2cccc(C(=O)N3CCC(C)CC3)c2)cc1. The molecule has 0 unspecified atom stereocenters. The topological polar surface area (TPSA) is 58.6 Å². The lowest BCUT2D eigenvalue weighted by Crippen LogP contribution is -2.37. The largest absolute Gasteiger partial charge is 0.497 e. The van der Waals surface area contributed by atoms with Gasteiger partial charge in [-0.25, -0.2) is 0 Å². The Balaban J connectivity index is 1.68. The van der Waals surface area contributed by atoms with Crippen molar-refractivity contribution in [1.29, 1.82) is 0 Å². The van der Waals surface area contributed by atoms with Gasteiger partial charge in [0.25, 0.3) is 11.8 Å². The highest BCUT2D eigenvalue weighted by molar-refractivity contribution is 6.05. The van der Waals surface area contributed by atoms with Crippen molar-refractivity contribution in [3.05, 3.63) is 59.7 Å². The highest BCUT2D eigenvalue weighted by Crippen LogP contribution is 2.20. The minimum absolute atomic E-state index is 0.0254. The average Bonchev–Trinajstić information content (AvgIpc) is 2.68. The summed E-state index contributed by atoms with van der Waals surface area (Å²) in [5.74, 6) is 1.18. The number of nitrogens with zero attached hydrogens (tertiary/aromatic N) is 1. The van der Waals surface area contributed by atoms with Crippen LogP contribution in [0, 0.1) is 5.92 Å². The summed E-state index contributed by atoms with van der Waals surface area (Å²) in [4.78, 5) is 27.0. The molecule has 2 amide bonds. The van der Waals surface area contributed by atoms with Gasteiger partial charge in [0, 0.05) is 29.9 Å². The van der Waals surface area contributed by atoms with Gasteiger partial charge >= 0.3 is 0 Å². The number of methoxy groups -OCH3 is 1. The van der Waals surface area contributed by atoms with Crippen molar-refractivity contribution in [2.45, 2.75) is 19.8 Å². The zero-order chi connectivity index (χ0) is 18.5. The Bertz CT molecular complexity index is 778. The van der Waals surface area contributed by atoms with E-state index in [9.17, 15) is 9.59 Å². The van der Waals surface area contributed by atoms with E-state index in [1.165, 1.54) is 0 Å². The van der Waals surface area contributed by atoms with Gasteiger partial charge < -0.3 is 15.0 Å². The van der Waals surface area contributed by atoms with E-state index in [0.29, 0.717) is 28.5 Å². The highest BCUT2D eigenvalue weighted by Gasteiger charge is 2.21. The molecular formula is C21H24N2O3. The number of hydrogen-bond donors (Lipinski definition) is 1. The Morgan fingerprint density at radius 1 is 1.04 bits per heavy atom.